The van der Waals surface area contributed by atoms with E-state index in [9.17, 15) is 29.1 Å². The van der Waals surface area contributed by atoms with E-state index in [1.807, 2.05) is 41.5 Å². The highest BCUT2D eigenvalue weighted by atomic mass is 16.5. The second-order valence-electron chi connectivity index (χ2n) is 31.3. The molecule has 0 aromatic heterocycles. The van der Waals surface area contributed by atoms with Crippen LogP contribution in [0.4, 0.5) is 4.79 Å². The maximum absolute atomic E-state index is 15.3. The number of morpholine rings is 1. The Kier molecular flexibility index (Phi) is 38.1. The van der Waals surface area contributed by atoms with Crippen LogP contribution in [0.2, 0.25) is 0 Å². The van der Waals surface area contributed by atoms with Crippen molar-refractivity contribution >= 4 is 70.8 Å². The Bertz CT molecular complexity index is 2760. The molecule has 3 aliphatic rings. The fourth-order valence-electron chi connectivity index (χ4n) is 13.6. The van der Waals surface area contributed by atoms with Crippen LogP contribution in [-0.4, -0.2) is 271 Å². The summed E-state index contributed by atoms with van der Waals surface area (Å²) in [6, 6.07) is -11.4. The molecule has 27 nitrogen and oxygen atoms in total. The number of likely N-dealkylation sites (N-methyl/N-ethyl adjacent to an activating group) is 6. The second-order valence-corrected chi connectivity index (χ2v) is 31.3. The van der Waals surface area contributed by atoms with Gasteiger partial charge < -0.3 is 70.0 Å². The zero-order valence-corrected chi connectivity index (χ0v) is 66.1. The van der Waals surface area contributed by atoms with Gasteiger partial charge in [0.2, 0.25) is 53.2 Å². The molecule has 584 valence electrons. The quantitative estimate of drug-likeness (QED) is 0.0710. The normalized spacial score (nSPS) is 27.1. The zero-order chi connectivity index (χ0) is 77.3. The molecule has 2 aliphatic heterocycles. The Labute approximate surface area is 609 Å². The molecule has 0 aromatic carbocycles. The van der Waals surface area contributed by atoms with Gasteiger partial charge in [0.1, 0.15) is 48.3 Å². The SMILES string of the molecule is CC[C@@H]1NC(=O)[C@H]([C@H](O)[C@H](C)CCCCCOC(=O)NC2CC2)NC(=O)[C@H](C(C)C)N(C)C(=O)[C@H](CC(C)C)N(C)C(=O)[C@H](CC(C)C)N(C)C(=O)[C@@H](C)NC(=O)[C@H](C)CC(=O)[C@H](CC(C)C)N(C)C(=O)[C@H](C(C)C)CC(=O)[C@H]([C@@H](C)OCCCCN2CCOCC2)N(C)C(=O)[C@@H](C)N(C)C1=O. The number of carbonyl (C=O) groups is 12. The number of unbranched alkanes of at least 4 members (excludes halogenated alkanes) is 3. The van der Waals surface area contributed by atoms with Gasteiger partial charge in [-0.15, -0.1) is 0 Å². The van der Waals surface area contributed by atoms with Crippen LogP contribution in [-0.2, 0) is 67.0 Å². The van der Waals surface area contributed by atoms with Gasteiger partial charge in [-0.3, -0.25) is 57.6 Å². The number of nitrogens with zero attached hydrogens (tertiary/aromatic N) is 7. The summed E-state index contributed by atoms with van der Waals surface area (Å²) in [5, 5.41) is 23.4. The lowest BCUT2D eigenvalue weighted by Gasteiger charge is -2.40. The molecule has 14 atom stereocenters. The third kappa shape index (κ3) is 27.3. The summed E-state index contributed by atoms with van der Waals surface area (Å²) in [5.74, 6) is -11.3. The van der Waals surface area contributed by atoms with Crippen LogP contribution in [0.25, 0.3) is 0 Å². The lowest BCUT2D eigenvalue weighted by Crippen LogP contribution is -2.63. The van der Waals surface area contributed by atoms with E-state index in [-0.39, 0.29) is 75.5 Å². The van der Waals surface area contributed by atoms with Gasteiger partial charge in [0.05, 0.1) is 38.1 Å². The molecule has 0 aromatic rings. The number of nitrogens with one attached hydrogen (secondary N) is 4. The Hall–Kier alpha value is -6.32. The molecule has 0 unspecified atom stereocenters. The Balaban J connectivity index is 2.26. The highest BCUT2D eigenvalue weighted by Gasteiger charge is 2.45. The standard InChI is InChI=1S/C75H133N11O16/c1-23-56-72(96)80(17)52(15)70(94)85(22)64(53(16)101-35-28-26-32-86-33-37-100-38-34-86)61(88)43-55(47(8)9)71(95)81(18)57(39-44(2)3)60(87)42-50(13)66(90)76-51(14)69(93)82(19)58(40-45(4)5)73(97)83(20)59(41-46(6)7)74(98)84(21)63(48(10)11)68(92)79-62(67(91)78-56)65(89)49(12)29-25-24-27-36-102-75(99)77-54-30-31-54/h44-59,62-65,89H,23-43H2,1-22H3,(H,76,90)(H,77,99)(H,78,91)(H,79,92)/t49-,50-,51-,52-,53-,55+,56+,57+,58+,59+,62+,63+,64+,65-/m1/s1. The number of alkyl carbamates (subject to hydrolysis) is 1. The van der Waals surface area contributed by atoms with Gasteiger partial charge in [0, 0.05) is 92.7 Å². The largest absolute Gasteiger partial charge is 0.450 e. The fourth-order valence-corrected chi connectivity index (χ4v) is 13.6. The van der Waals surface area contributed by atoms with E-state index < -0.39 is 167 Å². The van der Waals surface area contributed by atoms with E-state index in [2.05, 4.69) is 26.2 Å². The minimum absolute atomic E-state index is 0.0245. The maximum atomic E-state index is 15.3. The van der Waals surface area contributed by atoms with E-state index in [0.29, 0.717) is 45.3 Å². The van der Waals surface area contributed by atoms with Crippen molar-refractivity contribution in [3.8, 4) is 0 Å². The monoisotopic (exact) mass is 1440 g/mol. The Morgan fingerprint density at radius 3 is 1.62 bits per heavy atom. The van der Waals surface area contributed by atoms with Gasteiger partial charge in [-0.1, -0.05) is 103 Å². The fraction of sp³-hybridized carbons (Fsp3) is 0.840. The summed E-state index contributed by atoms with van der Waals surface area (Å²) in [6.45, 7) is 31.9. The molecule has 10 amide bonds. The number of hydrogen-bond donors (Lipinski definition) is 5. The van der Waals surface area contributed by atoms with Gasteiger partial charge in [-0.2, -0.15) is 0 Å². The molecule has 1 aliphatic carbocycles. The number of Topliss-reactive ketones (excluding diaryl/α,β-unsaturated/α-hetero) is 2. The highest BCUT2D eigenvalue weighted by molar-refractivity contribution is 6.00. The summed E-state index contributed by atoms with van der Waals surface area (Å²) >= 11 is 0. The lowest BCUT2D eigenvalue weighted by atomic mass is 9.85. The third-order valence-electron chi connectivity index (χ3n) is 20.5. The maximum Gasteiger partial charge on any atom is 0.407 e. The van der Waals surface area contributed by atoms with Crippen LogP contribution in [0.15, 0.2) is 0 Å². The van der Waals surface area contributed by atoms with E-state index >= 15 is 33.6 Å². The number of ether oxygens (including phenoxy) is 3. The van der Waals surface area contributed by atoms with Gasteiger partial charge >= 0.3 is 6.09 Å². The zero-order valence-electron chi connectivity index (χ0n) is 66.1. The van der Waals surface area contributed by atoms with Crippen LogP contribution in [0.3, 0.4) is 0 Å². The van der Waals surface area contributed by atoms with Gasteiger partial charge in [0.15, 0.2) is 11.6 Å². The van der Waals surface area contributed by atoms with Crippen molar-refractivity contribution in [2.24, 2.45) is 47.3 Å². The molecular weight excluding hydrogens is 1310 g/mol. The van der Waals surface area contributed by atoms with Crippen LogP contribution in [0.5, 0.6) is 0 Å². The topological polar surface area (TPSA) is 324 Å². The lowest BCUT2D eigenvalue weighted by molar-refractivity contribution is -0.154. The predicted octanol–water partition coefficient (Wildman–Crippen LogP) is 5.45. The molecule has 1 saturated carbocycles. The Morgan fingerprint density at radius 2 is 1.08 bits per heavy atom. The van der Waals surface area contributed by atoms with E-state index in [1.54, 1.807) is 55.4 Å². The Morgan fingerprint density at radius 1 is 0.549 bits per heavy atom. The van der Waals surface area contributed by atoms with Crippen molar-refractivity contribution in [3.05, 3.63) is 0 Å². The van der Waals surface area contributed by atoms with Crippen molar-refractivity contribution in [1.29, 1.82) is 0 Å². The molecule has 5 N–H and O–H groups in total. The van der Waals surface area contributed by atoms with Gasteiger partial charge in [-0.25, -0.2) is 4.79 Å². The van der Waals surface area contributed by atoms with Crippen molar-refractivity contribution in [1.82, 2.24) is 55.6 Å². The molecule has 27 heteroatoms. The summed E-state index contributed by atoms with van der Waals surface area (Å²) in [5.41, 5.74) is 0. The summed E-state index contributed by atoms with van der Waals surface area (Å²) in [7, 11) is 8.67. The molecule has 2 saturated heterocycles. The number of ketones is 2. The van der Waals surface area contributed by atoms with E-state index in [0.717, 1.165) is 43.8 Å². The predicted molar refractivity (Wildman–Crippen MR) is 390 cm³/mol. The molecule has 0 radical (unpaired) electrons. The molecule has 3 fully saturated rings. The minimum Gasteiger partial charge on any atom is -0.450 e. The number of aliphatic hydroxyl groups excluding tert-OH is 1. The smallest absolute Gasteiger partial charge is 0.407 e. The van der Waals surface area contributed by atoms with Crippen molar-refractivity contribution in [2.75, 3.05) is 88.3 Å². The number of amides is 10. The van der Waals surface area contributed by atoms with E-state index in [4.69, 9.17) is 14.2 Å². The number of carbonyl (C=O) groups excluding carboxylic acids is 12. The van der Waals surface area contributed by atoms with Gasteiger partial charge in [0.25, 0.3) is 0 Å². The van der Waals surface area contributed by atoms with Crippen LogP contribution in [0, 0.1) is 47.3 Å². The van der Waals surface area contributed by atoms with Crippen molar-refractivity contribution < 1.29 is 76.9 Å². The van der Waals surface area contributed by atoms with Crippen LogP contribution >= 0.6 is 0 Å². The summed E-state index contributed by atoms with van der Waals surface area (Å²) in [4.78, 5) is 186. The molecule has 3 rings (SSSR count). The van der Waals surface area contributed by atoms with Crippen LogP contribution in [0.1, 0.15) is 201 Å². The first-order valence-electron chi connectivity index (χ1n) is 37.8. The molecule has 0 bridgehead atoms. The highest BCUT2D eigenvalue weighted by Crippen LogP contribution is 2.29. The second kappa shape index (κ2) is 43.2. The number of hydrogen-bond acceptors (Lipinski definition) is 17. The number of aliphatic hydroxyl groups is 1. The van der Waals surface area contributed by atoms with E-state index in [1.165, 1.54) is 80.6 Å². The molecule has 0 spiro atoms. The van der Waals surface area contributed by atoms with Gasteiger partial charge in [-0.05, 0) is 127 Å². The first-order chi connectivity index (χ1) is 47.7. The van der Waals surface area contributed by atoms with Crippen LogP contribution < -0.4 is 21.3 Å². The average molecular weight is 1440 g/mol. The number of rotatable bonds is 25. The summed E-state index contributed by atoms with van der Waals surface area (Å²) < 4.78 is 17.3. The minimum atomic E-state index is -1.73. The van der Waals surface area contributed by atoms with Crippen molar-refractivity contribution in [3.63, 3.8) is 0 Å². The first-order valence-corrected chi connectivity index (χ1v) is 37.8. The first kappa shape index (κ1) is 89.9. The molecular formula is C75H133N11O16. The van der Waals surface area contributed by atoms with Crippen molar-refractivity contribution in [2.45, 2.75) is 273 Å². The molecule has 2 heterocycles. The molecule has 102 heavy (non-hydrogen) atoms. The average Bonchev–Trinajstić information content (AvgIpc) is 1.36. The summed E-state index contributed by atoms with van der Waals surface area (Å²) in [6.07, 6.45) is 2.00. The third-order valence-corrected chi connectivity index (χ3v) is 20.5.